The van der Waals surface area contributed by atoms with Crippen LogP contribution < -0.4 is 10.6 Å². The Morgan fingerprint density at radius 2 is 1.95 bits per heavy atom. The normalized spacial score (nSPS) is 10.9. The Bertz CT molecular complexity index is 665. The van der Waals surface area contributed by atoms with Gasteiger partial charge in [0.25, 0.3) is 0 Å². The summed E-state index contributed by atoms with van der Waals surface area (Å²) in [6.07, 6.45) is 0. The molecule has 2 aromatic rings. The van der Waals surface area contributed by atoms with Crippen LogP contribution in [0.15, 0.2) is 35.1 Å². The standard InChI is InChI=1S/C13H16ClN5O2/c1-10(2)18(11-6-4-3-5-7-11)13(21)19-12(20)17(9-8-14)15-16-19/h3-7,10H,8-9H2,1-2H3. The lowest BCUT2D eigenvalue weighted by molar-refractivity contribution is 0.242. The number of carbonyl (C=O) groups excluding carboxylic acids is 1. The van der Waals surface area contributed by atoms with E-state index in [2.05, 4.69) is 10.4 Å². The monoisotopic (exact) mass is 309 g/mol. The molecule has 0 fully saturated rings. The Labute approximate surface area is 126 Å². The van der Waals surface area contributed by atoms with Gasteiger partial charge in [-0.2, -0.15) is 4.68 Å². The van der Waals surface area contributed by atoms with Crippen molar-refractivity contribution in [2.45, 2.75) is 26.4 Å². The largest absolute Gasteiger partial charge is 0.372 e. The molecule has 8 heteroatoms. The molecule has 0 aliphatic carbocycles. The fourth-order valence-electron chi connectivity index (χ4n) is 1.93. The van der Waals surface area contributed by atoms with Gasteiger partial charge in [-0.3, -0.25) is 4.90 Å². The van der Waals surface area contributed by atoms with Gasteiger partial charge in [0.1, 0.15) is 0 Å². The van der Waals surface area contributed by atoms with Gasteiger partial charge < -0.3 is 0 Å². The Balaban J connectivity index is 2.38. The summed E-state index contributed by atoms with van der Waals surface area (Å²) in [5.74, 6) is 0.222. The summed E-state index contributed by atoms with van der Waals surface area (Å²) >= 11 is 5.57. The molecule has 1 heterocycles. The molecule has 21 heavy (non-hydrogen) atoms. The summed E-state index contributed by atoms with van der Waals surface area (Å²) in [5.41, 5.74) is 0.0959. The fraction of sp³-hybridized carbons (Fsp3) is 0.385. The van der Waals surface area contributed by atoms with Crippen molar-refractivity contribution in [1.82, 2.24) is 19.8 Å². The highest BCUT2D eigenvalue weighted by molar-refractivity contribution is 6.17. The molecule has 7 nitrogen and oxygen atoms in total. The average molecular weight is 310 g/mol. The van der Waals surface area contributed by atoms with E-state index < -0.39 is 11.7 Å². The third kappa shape index (κ3) is 3.13. The van der Waals surface area contributed by atoms with E-state index in [-0.39, 0.29) is 18.5 Å². The molecule has 0 spiro atoms. The van der Waals surface area contributed by atoms with Gasteiger partial charge >= 0.3 is 11.7 Å². The lowest BCUT2D eigenvalue weighted by atomic mass is 10.2. The molecule has 0 atom stereocenters. The highest BCUT2D eigenvalue weighted by Crippen LogP contribution is 2.17. The van der Waals surface area contributed by atoms with E-state index in [0.29, 0.717) is 5.69 Å². The molecule has 112 valence electrons. The van der Waals surface area contributed by atoms with E-state index in [1.54, 1.807) is 12.1 Å². The summed E-state index contributed by atoms with van der Waals surface area (Å²) in [5, 5.41) is 7.28. The second-order valence-corrected chi connectivity index (χ2v) is 5.05. The first-order valence-corrected chi connectivity index (χ1v) is 7.07. The molecule has 0 unspecified atom stereocenters. The maximum atomic E-state index is 12.6. The molecule has 1 aromatic heterocycles. The second kappa shape index (κ2) is 6.53. The third-order valence-electron chi connectivity index (χ3n) is 2.87. The fourth-order valence-corrected chi connectivity index (χ4v) is 2.09. The van der Waals surface area contributed by atoms with Crippen LogP contribution in [0.4, 0.5) is 10.5 Å². The SMILES string of the molecule is CC(C)N(C(=O)n1nnn(CCCl)c1=O)c1ccccc1. The van der Waals surface area contributed by atoms with Crippen LogP contribution >= 0.6 is 11.6 Å². The maximum absolute atomic E-state index is 12.6. The van der Waals surface area contributed by atoms with Crippen LogP contribution in [-0.2, 0) is 6.54 Å². The predicted molar refractivity (Wildman–Crippen MR) is 79.9 cm³/mol. The number of hydrogen-bond donors (Lipinski definition) is 0. The molecule has 0 aliphatic rings. The van der Waals surface area contributed by atoms with Crippen molar-refractivity contribution >= 4 is 23.3 Å². The van der Waals surface area contributed by atoms with Crippen LogP contribution in [0.2, 0.25) is 0 Å². The van der Waals surface area contributed by atoms with Crippen LogP contribution in [0.3, 0.4) is 0 Å². The highest BCUT2D eigenvalue weighted by Gasteiger charge is 2.24. The molecular weight excluding hydrogens is 294 g/mol. The van der Waals surface area contributed by atoms with Gasteiger partial charge in [0.15, 0.2) is 0 Å². The van der Waals surface area contributed by atoms with Gasteiger partial charge in [0, 0.05) is 17.6 Å². The number of aryl methyl sites for hydroxylation is 1. The smallest absolute Gasteiger partial charge is 0.290 e. The first kappa shape index (κ1) is 15.2. The molecular formula is C13H16ClN5O2. The number of nitrogens with zero attached hydrogens (tertiary/aromatic N) is 5. The van der Waals surface area contributed by atoms with Crippen LogP contribution in [0.1, 0.15) is 13.8 Å². The first-order chi connectivity index (χ1) is 10.1. The summed E-state index contributed by atoms with van der Waals surface area (Å²) < 4.78 is 1.81. The van der Waals surface area contributed by atoms with Crippen molar-refractivity contribution in [1.29, 1.82) is 0 Å². The van der Waals surface area contributed by atoms with Crippen molar-refractivity contribution in [2.75, 3.05) is 10.8 Å². The topological polar surface area (TPSA) is 73.0 Å². The van der Waals surface area contributed by atoms with Gasteiger partial charge in [-0.1, -0.05) is 18.2 Å². The summed E-state index contributed by atoms with van der Waals surface area (Å²) in [7, 11) is 0. The van der Waals surface area contributed by atoms with E-state index in [0.717, 1.165) is 9.36 Å². The lowest BCUT2D eigenvalue weighted by Crippen LogP contribution is -2.44. The number of amides is 1. The molecule has 2 rings (SSSR count). The van der Waals surface area contributed by atoms with E-state index >= 15 is 0 Å². The van der Waals surface area contributed by atoms with Crippen molar-refractivity contribution < 1.29 is 4.79 Å². The minimum Gasteiger partial charge on any atom is -0.290 e. The Hall–Kier alpha value is -2.15. The number of alkyl halides is 1. The van der Waals surface area contributed by atoms with Crippen molar-refractivity contribution in [3.8, 4) is 0 Å². The number of benzene rings is 1. The number of para-hydroxylation sites is 1. The van der Waals surface area contributed by atoms with Crippen LogP contribution in [-0.4, -0.2) is 37.7 Å². The highest BCUT2D eigenvalue weighted by atomic mass is 35.5. The Kier molecular flexibility index (Phi) is 4.74. The van der Waals surface area contributed by atoms with Crippen LogP contribution in [0.5, 0.6) is 0 Å². The Morgan fingerprint density at radius 3 is 2.52 bits per heavy atom. The van der Waals surface area contributed by atoms with Gasteiger partial charge in [0.2, 0.25) is 0 Å². The molecule has 0 saturated carbocycles. The number of rotatable bonds is 4. The third-order valence-corrected chi connectivity index (χ3v) is 3.04. The minimum atomic E-state index is -0.595. The second-order valence-electron chi connectivity index (χ2n) is 4.67. The predicted octanol–water partition coefficient (Wildman–Crippen LogP) is 1.56. The van der Waals surface area contributed by atoms with E-state index in [9.17, 15) is 9.59 Å². The van der Waals surface area contributed by atoms with Gasteiger partial charge in [-0.15, -0.1) is 16.3 Å². The zero-order valence-electron chi connectivity index (χ0n) is 11.8. The van der Waals surface area contributed by atoms with E-state index in [4.69, 9.17) is 11.6 Å². The summed E-state index contributed by atoms with van der Waals surface area (Å²) in [4.78, 5) is 26.1. The zero-order chi connectivity index (χ0) is 15.4. The van der Waals surface area contributed by atoms with Gasteiger partial charge in [-0.05, 0) is 36.4 Å². The lowest BCUT2D eigenvalue weighted by Gasteiger charge is -2.25. The van der Waals surface area contributed by atoms with Crippen molar-refractivity contribution in [3.05, 3.63) is 40.8 Å². The van der Waals surface area contributed by atoms with Gasteiger partial charge in [-0.25, -0.2) is 9.59 Å². The minimum absolute atomic E-state index is 0.134. The molecule has 0 N–H and O–H groups in total. The molecule has 0 bridgehead atoms. The zero-order valence-corrected chi connectivity index (χ0v) is 12.6. The molecule has 1 aromatic carbocycles. The Morgan fingerprint density at radius 1 is 1.29 bits per heavy atom. The summed E-state index contributed by atoms with van der Waals surface area (Å²) in [6, 6.07) is 8.43. The number of carbonyl (C=O) groups is 1. The van der Waals surface area contributed by atoms with Crippen LogP contribution in [0, 0.1) is 0 Å². The molecule has 0 radical (unpaired) electrons. The first-order valence-electron chi connectivity index (χ1n) is 6.53. The molecule has 0 aliphatic heterocycles. The number of tetrazole rings is 1. The molecule has 1 amide bonds. The van der Waals surface area contributed by atoms with E-state index in [1.807, 2.05) is 32.0 Å². The quantitative estimate of drug-likeness (QED) is 0.634. The number of hydrogen-bond acceptors (Lipinski definition) is 4. The van der Waals surface area contributed by atoms with Crippen molar-refractivity contribution in [2.24, 2.45) is 0 Å². The number of anilines is 1. The summed E-state index contributed by atoms with van der Waals surface area (Å²) in [6.45, 7) is 3.93. The molecule has 0 saturated heterocycles. The average Bonchev–Trinajstić information content (AvgIpc) is 2.82. The van der Waals surface area contributed by atoms with Gasteiger partial charge in [0.05, 0.1) is 6.54 Å². The number of halogens is 1. The maximum Gasteiger partial charge on any atom is 0.372 e. The van der Waals surface area contributed by atoms with Crippen LogP contribution in [0.25, 0.3) is 0 Å². The number of aromatic nitrogens is 4. The van der Waals surface area contributed by atoms with Crippen molar-refractivity contribution in [3.63, 3.8) is 0 Å². The van der Waals surface area contributed by atoms with E-state index in [1.165, 1.54) is 4.90 Å².